The number of aromatic amines is 1. The Morgan fingerprint density at radius 2 is 1.96 bits per heavy atom. The molecule has 3 aromatic rings. The molecule has 1 unspecified atom stereocenters. The summed E-state index contributed by atoms with van der Waals surface area (Å²) in [5, 5.41) is 20.6. The number of rotatable bonds is 8. The van der Waals surface area contributed by atoms with Crippen LogP contribution in [-0.2, 0) is 6.54 Å². The molecule has 25 heavy (non-hydrogen) atoms. The van der Waals surface area contributed by atoms with Crippen LogP contribution in [0.3, 0.4) is 0 Å². The van der Waals surface area contributed by atoms with Gasteiger partial charge in [0.1, 0.15) is 18.5 Å². The molecule has 2 aromatic carbocycles. The Morgan fingerprint density at radius 1 is 1.12 bits per heavy atom. The number of benzene rings is 2. The summed E-state index contributed by atoms with van der Waals surface area (Å²) in [6.07, 6.45) is -0.572. The molecule has 0 aliphatic carbocycles. The lowest BCUT2D eigenvalue weighted by Gasteiger charge is -2.13. The minimum Gasteiger partial charge on any atom is -0.491 e. The SMILES string of the molecule is Cc1cccc(OCC(O)CNCc2cc(-c3ccccc3)n[nH]2)c1. The van der Waals surface area contributed by atoms with E-state index in [1.54, 1.807) is 0 Å². The van der Waals surface area contributed by atoms with E-state index in [4.69, 9.17) is 4.74 Å². The fourth-order valence-electron chi connectivity index (χ4n) is 2.54. The summed E-state index contributed by atoms with van der Waals surface area (Å²) in [6, 6.07) is 19.8. The molecule has 0 saturated carbocycles. The van der Waals surface area contributed by atoms with E-state index in [1.165, 1.54) is 0 Å². The first-order chi connectivity index (χ1) is 12.2. The second kappa shape index (κ2) is 8.46. The van der Waals surface area contributed by atoms with Crippen LogP contribution in [-0.4, -0.2) is 34.6 Å². The van der Waals surface area contributed by atoms with Crippen molar-refractivity contribution in [3.63, 3.8) is 0 Å². The number of aliphatic hydroxyl groups is 1. The van der Waals surface area contributed by atoms with Crippen LogP contribution in [0.4, 0.5) is 0 Å². The predicted octanol–water partition coefficient (Wildman–Crippen LogP) is 2.91. The van der Waals surface area contributed by atoms with Gasteiger partial charge >= 0.3 is 0 Å². The Kier molecular flexibility index (Phi) is 5.82. The first-order valence-electron chi connectivity index (χ1n) is 8.38. The third-order valence-electron chi connectivity index (χ3n) is 3.83. The number of ether oxygens (including phenoxy) is 1. The van der Waals surface area contributed by atoms with Crippen molar-refractivity contribution >= 4 is 0 Å². The molecule has 0 bridgehead atoms. The summed E-state index contributed by atoms with van der Waals surface area (Å²) >= 11 is 0. The molecule has 0 amide bonds. The second-order valence-electron chi connectivity index (χ2n) is 6.06. The van der Waals surface area contributed by atoms with Crippen LogP contribution in [0.2, 0.25) is 0 Å². The Balaban J connectivity index is 1.41. The van der Waals surface area contributed by atoms with E-state index >= 15 is 0 Å². The number of aryl methyl sites for hydroxylation is 1. The molecule has 5 heteroatoms. The van der Waals surface area contributed by atoms with Crippen LogP contribution in [0.25, 0.3) is 11.3 Å². The highest BCUT2D eigenvalue weighted by Crippen LogP contribution is 2.16. The Bertz CT molecular complexity index is 786. The number of nitrogens with zero attached hydrogens (tertiary/aromatic N) is 1. The quantitative estimate of drug-likeness (QED) is 0.591. The molecule has 1 heterocycles. The standard InChI is InChI=1S/C20H23N3O2/c1-15-6-5-9-19(10-15)25-14-18(24)13-21-12-17-11-20(23-22-17)16-7-3-2-4-8-16/h2-11,18,21,24H,12-14H2,1H3,(H,22,23). The molecule has 0 aliphatic heterocycles. The summed E-state index contributed by atoms with van der Waals surface area (Å²) in [5.41, 5.74) is 4.11. The molecule has 0 saturated heterocycles. The molecular weight excluding hydrogens is 314 g/mol. The average molecular weight is 337 g/mol. The average Bonchev–Trinajstić information content (AvgIpc) is 3.10. The summed E-state index contributed by atoms with van der Waals surface area (Å²) in [4.78, 5) is 0. The molecule has 5 nitrogen and oxygen atoms in total. The van der Waals surface area contributed by atoms with E-state index in [-0.39, 0.29) is 6.61 Å². The number of H-pyrrole nitrogens is 1. The Labute approximate surface area is 147 Å². The zero-order valence-electron chi connectivity index (χ0n) is 14.3. The van der Waals surface area contributed by atoms with Gasteiger partial charge < -0.3 is 15.2 Å². The molecule has 3 rings (SSSR count). The number of aliphatic hydroxyl groups excluding tert-OH is 1. The van der Waals surface area contributed by atoms with Crippen molar-refractivity contribution in [1.82, 2.24) is 15.5 Å². The number of hydrogen-bond donors (Lipinski definition) is 3. The van der Waals surface area contributed by atoms with E-state index < -0.39 is 6.10 Å². The third kappa shape index (κ3) is 5.17. The highest BCUT2D eigenvalue weighted by atomic mass is 16.5. The van der Waals surface area contributed by atoms with Crippen LogP contribution < -0.4 is 10.1 Å². The third-order valence-corrected chi connectivity index (χ3v) is 3.83. The monoisotopic (exact) mass is 337 g/mol. The van der Waals surface area contributed by atoms with Gasteiger partial charge in [-0.2, -0.15) is 5.10 Å². The van der Waals surface area contributed by atoms with Gasteiger partial charge in [0.15, 0.2) is 0 Å². The van der Waals surface area contributed by atoms with Crippen LogP contribution in [0.15, 0.2) is 60.7 Å². The molecule has 130 valence electrons. The van der Waals surface area contributed by atoms with Gasteiger partial charge in [-0.1, -0.05) is 42.5 Å². The van der Waals surface area contributed by atoms with E-state index in [0.717, 1.165) is 28.3 Å². The van der Waals surface area contributed by atoms with Crippen molar-refractivity contribution in [2.75, 3.05) is 13.2 Å². The van der Waals surface area contributed by atoms with Gasteiger partial charge in [-0.15, -0.1) is 0 Å². The highest BCUT2D eigenvalue weighted by Gasteiger charge is 2.07. The minimum atomic E-state index is -0.572. The van der Waals surface area contributed by atoms with Crippen molar-refractivity contribution in [2.24, 2.45) is 0 Å². The molecule has 3 N–H and O–H groups in total. The number of hydrogen-bond acceptors (Lipinski definition) is 4. The largest absolute Gasteiger partial charge is 0.491 e. The maximum absolute atomic E-state index is 10.0. The maximum atomic E-state index is 10.0. The first-order valence-corrected chi connectivity index (χ1v) is 8.38. The molecule has 0 spiro atoms. The van der Waals surface area contributed by atoms with Gasteiger partial charge in [0.2, 0.25) is 0 Å². The topological polar surface area (TPSA) is 70.2 Å². The molecule has 1 atom stereocenters. The van der Waals surface area contributed by atoms with Crippen molar-refractivity contribution in [3.05, 3.63) is 71.9 Å². The zero-order chi connectivity index (χ0) is 17.5. The highest BCUT2D eigenvalue weighted by molar-refractivity contribution is 5.58. The van der Waals surface area contributed by atoms with Crippen molar-refractivity contribution in [2.45, 2.75) is 19.6 Å². The normalized spacial score (nSPS) is 12.1. The summed E-state index contributed by atoms with van der Waals surface area (Å²) < 4.78 is 5.60. The van der Waals surface area contributed by atoms with E-state index in [1.807, 2.05) is 67.6 Å². The van der Waals surface area contributed by atoms with E-state index in [9.17, 15) is 5.11 Å². The lowest BCUT2D eigenvalue weighted by Crippen LogP contribution is -2.31. The van der Waals surface area contributed by atoms with Gasteiger partial charge in [-0.25, -0.2) is 0 Å². The minimum absolute atomic E-state index is 0.259. The van der Waals surface area contributed by atoms with Crippen LogP contribution >= 0.6 is 0 Å². The lowest BCUT2D eigenvalue weighted by atomic mass is 10.1. The van der Waals surface area contributed by atoms with Gasteiger partial charge in [0, 0.05) is 24.3 Å². The smallest absolute Gasteiger partial charge is 0.119 e. The van der Waals surface area contributed by atoms with Crippen molar-refractivity contribution in [1.29, 1.82) is 0 Å². The van der Waals surface area contributed by atoms with Gasteiger partial charge in [-0.3, -0.25) is 5.10 Å². The molecule has 0 radical (unpaired) electrons. The molecular formula is C20H23N3O2. The van der Waals surface area contributed by atoms with E-state index in [0.29, 0.717) is 13.1 Å². The fourth-order valence-corrected chi connectivity index (χ4v) is 2.54. The fraction of sp³-hybridized carbons (Fsp3) is 0.250. The second-order valence-corrected chi connectivity index (χ2v) is 6.06. The summed E-state index contributed by atoms with van der Waals surface area (Å²) in [6.45, 7) is 3.33. The van der Waals surface area contributed by atoms with Crippen molar-refractivity contribution in [3.8, 4) is 17.0 Å². The van der Waals surface area contributed by atoms with Crippen molar-refractivity contribution < 1.29 is 9.84 Å². The maximum Gasteiger partial charge on any atom is 0.119 e. The zero-order valence-corrected chi connectivity index (χ0v) is 14.3. The van der Waals surface area contributed by atoms with E-state index in [2.05, 4.69) is 15.5 Å². The number of nitrogens with one attached hydrogen (secondary N) is 2. The van der Waals surface area contributed by atoms with Gasteiger partial charge in [0.25, 0.3) is 0 Å². The molecule has 0 aliphatic rings. The number of aromatic nitrogens is 2. The molecule has 0 fully saturated rings. The summed E-state index contributed by atoms with van der Waals surface area (Å²) in [7, 11) is 0. The summed E-state index contributed by atoms with van der Waals surface area (Å²) in [5.74, 6) is 0.778. The first kappa shape index (κ1) is 17.2. The van der Waals surface area contributed by atoms with Gasteiger partial charge in [0.05, 0.1) is 5.69 Å². The van der Waals surface area contributed by atoms with Crippen LogP contribution in [0, 0.1) is 6.92 Å². The lowest BCUT2D eigenvalue weighted by molar-refractivity contribution is 0.106. The van der Waals surface area contributed by atoms with Crippen LogP contribution in [0.5, 0.6) is 5.75 Å². The Hall–Kier alpha value is -2.63. The molecule has 1 aromatic heterocycles. The predicted molar refractivity (Wildman–Crippen MR) is 98.4 cm³/mol. The Morgan fingerprint density at radius 3 is 2.76 bits per heavy atom. The van der Waals surface area contributed by atoms with Crippen LogP contribution in [0.1, 0.15) is 11.3 Å². The van der Waals surface area contributed by atoms with Gasteiger partial charge in [-0.05, 0) is 30.7 Å².